The third-order valence-corrected chi connectivity index (χ3v) is 6.22. The number of nitrogens with zero attached hydrogens (tertiary/aromatic N) is 1. The molecule has 0 N–H and O–H groups in total. The van der Waals surface area contributed by atoms with Crippen LogP contribution in [-0.2, 0) is 20.9 Å². The zero-order chi connectivity index (χ0) is 22.7. The van der Waals surface area contributed by atoms with Crippen LogP contribution in [0, 0.1) is 0 Å². The number of amides is 2. The predicted octanol–water partition coefficient (Wildman–Crippen LogP) is 5.82. The van der Waals surface area contributed by atoms with Crippen LogP contribution in [0.5, 0.6) is 5.75 Å². The quantitative estimate of drug-likeness (QED) is 0.367. The molecule has 1 aliphatic heterocycles. The largest absolute Gasteiger partial charge is 0.486 e. The minimum Gasteiger partial charge on any atom is -0.486 e. The van der Waals surface area contributed by atoms with Crippen molar-refractivity contribution >= 4 is 69.8 Å². The van der Waals surface area contributed by atoms with Gasteiger partial charge in [0.05, 0.1) is 22.1 Å². The van der Waals surface area contributed by atoms with Gasteiger partial charge in [0, 0.05) is 10.6 Å². The van der Waals surface area contributed by atoms with Crippen molar-refractivity contribution in [2.45, 2.75) is 19.6 Å². The second-order valence-electron chi connectivity index (χ2n) is 6.44. The first-order valence-corrected chi connectivity index (χ1v) is 10.9. The third kappa shape index (κ3) is 5.18. The number of hydrogen-bond donors (Lipinski definition) is 0. The molecule has 1 atom stereocenters. The Balaban J connectivity index is 1.80. The summed E-state index contributed by atoms with van der Waals surface area (Å²) in [5, 5.41) is 0.454. The number of thioether (sulfide) groups is 1. The molecule has 2 amide bonds. The molecule has 1 fully saturated rings. The summed E-state index contributed by atoms with van der Waals surface area (Å²) in [6.07, 6.45) is 1.48. The molecule has 31 heavy (non-hydrogen) atoms. The molecule has 6 nitrogen and oxygen atoms in total. The highest BCUT2D eigenvalue weighted by Gasteiger charge is 2.41. The lowest BCUT2D eigenvalue weighted by atomic mass is 10.2. The lowest BCUT2D eigenvalue weighted by molar-refractivity contribution is -0.148. The van der Waals surface area contributed by atoms with E-state index in [9.17, 15) is 14.4 Å². The summed E-state index contributed by atoms with van der Waals surface area (Å²) in [7, 11) is 1.19. The number of carbonyl (C=O) groups is 3. The van der Waals surface area contributed by atoms with Gasteiger partial charge in [-0.2, -0.15) is 0 Å². The van der Waals surface area contributed by atoms with Crippen LogP contribution in [0.15, 0.2) is 41.3 Å². The zero-order valence-corrected chi connectivity index (χ0v) is 19.4. The summed E-state index contributed by atoms with van der Waals surface area (Å²) < 4.78 is 10.3. The minimum atomic E-state index is -1.03. The minimum absolute atomic E-state index is 0.137. The van der Waals surface area contributed by atoms with Gasteiger partial charge in [-0.05, 0) is 48.5 Å². The molecule has 10 heteroatoms. The van der Waals surface area contributed by atoms with Crippen molar-refractivity contribution in [3.63, 3.8) is 0 Å². The summed E-state index contributed by atoms with van der Waals surface area (Å²) in [5.74, 6) is -1.01. The van der Waals surface area contributed by atoms with E-state index in [4.69, 9.17) is 39.5 Å². The maximum absolute atomic E-state index is 12.6. The van der Waals surface area contributed by atoms with Crippen molar-refractivity contribution in [1.82, 2.24) is 4.90 Å². The van der Waals surface area contributed by atoms with E-state index in [1.54, 1.807) is 18.2 Å². The summed E-state index contributed by atoms with van der Waals surface area (Å²) in [6.45, 7) is 1.59. The van der Waals surface area contributed by atoms with Gasteiger partial charge in [-0.1, -0.05) is 53.0 Å². The normalized spacial score (nSPS) is 16.0. The van der Waals surface area contributed by atoms with Gasteiger partial charge in [0.15, 0.2) is 5.75 Å². The van der Waals surface area contributed by atoms with Gasteiger partial charge in [-0.25, -0.2) is 4.79 Å². The summed E-state index contributed by atoms with van der Waals surface area (Å²) in [4.78, 5) is 37.5. The average molecular weight is 501 g/mol. The number of methoxy groups -OCH3 is 1. The Bertz CT molecular complexity index is 1070. The number of hydrogen-bond acceptors (Lipinski definition) is 6. The first-order valence-electron chi connectivity index (χ1n) is 8.93. The van der Waals surface area contributed by atoms with Gasteiger partial charge in [-0.15, -0.1) is 0 Å². The van der Waals surface area contributed by atoms with Crippen LogP contribution in [0.25, 0.3) is 6.08 Å². The first kappa shape index (κ1) is 23.5. The molecule has 0 radical (unpaired) electrons. The Morgan fingerprint density at radius 1 is 1.13 bits per heavy atom. The second-order valence-corrected chi connectivity index (χ2v) is 8.66. The fourth-order valence-corrected chi connectivity index (χ4v) is 4.52. The van der Waals surface area contributed by atoms with Crippen LogP contribution in [0.1, 0.15) is 18.1 Å². The van der Waals surface area contributed by atoms with Crippen molar-refractivity contribution < 1.29 is 23.9 Å². The predicted molar refractivity (Wildman–Crippen MR) is 122 cm³/mol. The van der Waals surface area contributed by atoms with Crippen molar-refractivity contribution in [1.29, 1.82) is 0 Å². The molecule has 1 saturated heterocycles. The van der Waals surface area contributed by atoms with Crippen LogP contribution in [-0.4, -0.2) is 35.2 Å². The van der Waals surface area contributed by atoms with Crippen molar-refractivity contribution in [2.24, 2.45) is 0 Å². The number of esters is 1. The lowest BCUT2D eigenvalue weighted by Crippen LogP contribution is -2.42. The van der Waals surface area contributed by atoms with Gasteiger partial charge in [0.25, 0.3) is 11.1 Å². The third-order valence-electron chi connectivity index (χ3n) is 4.40. The molecule has 3 rings (SSSR count). The Hall–Kier alpha value is -2.19. The number of rotatable bonds is 6. The Kier molecular flexibility index (Phi) is 7.54. The molecule has 162 valence electrons. The molecule has 1 heterocycles. The van der Waals surface area contributed by atoms with E-state index in [2.05, 4.69) is 4.74 Å². The molecule has 1 aliphatic rings. The van der Waals surface area contributed by atoms with Crippen LogP contribution in [0.2, 0.25) is 15.1 Å². The van der Waals surface area contributed by atoms with Crippen LogP contribution < -0.4 is 4.74 Å². The number of carbonyl (C=O) groups excluding carboxylic acids is 3. The van der Waals surface area contributed by atoms with Gasteiger partial charge in [0.1, 0.15) is 12.6 Å². The van der Waals surface area contributed by atoms with Crippen molar-refractivity contribution in [3.8, 4) is 5.75 Å². The van der Waals surface area contributed by atoms with E-state index in [1.165, 1.54) is 20.1 Å². The number of benzene rings is 2. The lowest BCUT2D eigenvalue weighted by Gasteiger charge is -2.18. The van der Waals surface area contributed by atoms with E-state index < -0.39 is 23.2 Å². The molecule has 0 saturated carbocycles. The summed E-state index contributed by atoms with van der Waals surface area (Å²) >= 11 is 19.5. The van der Waals surface area contributed by atoms with Crippen LogP contribution >= 0.6 is 46.6 Å². The van der Waals surface area contributed by atoms with Crippen molar-refractivity contribution in [3.05, 3.63) is 67.5 Å². The highest BCUT2D eigenvalue weighted by Crippen LogP contribution is 2.38. The first-order chi connectivity index (χ1) is 14.7. The number of halogens is 3. The SMILES string of the molecule is COC(=O)[C@H](C)N1C(=O)S/C(=C/c2cc(Cl)c(OCc3ccccc3Cl)c(Cl)c2)C1=O. The van der Waals surface area contributed by atoms with Crippen LogP contribution in [0.4, 0.5) is 4.79 Å². The summed E-state index contributed by atoms with van der Waals surface area (Å²) in [6, 6.07) is 9.32. The highest BCUT2D eigenvalue weighted by atomic mass is 35.5. The molecular weight excluding hydrogens is 485 g/mol. The standard InChI is InChI=1S/C21H16Cl3NO5S/c1-11(20(27)29-2)25-19(26)17(31-21(25)28)9-12-7-15(23)18(16(24)8-12)30-10-13-5-3-4-6-14(13)22/h3-9,11H,10H2,1-2H3/b17-9+/t11-/m0/s1. The smallest absolute Gasteiger partial charge is 0.328 e. The fourth-order valence-electron chi connectivity index (χ4n) is 2.81. The zero-order valence-electron chi connectivity index (χ0n) is 16.4. The Labute approximate surface area is 198 Å². The number of ether oxygens (including phenoxy) is 2. The monoisotopic (exact) mass is 499 g/mol. The van der Waals surface area contributed by atoms with Gasteiger partial charge >= 0.3 is 5.97 Å². The molecule has 0 bridgehead atoms. The van der Waals surface area contributed by atoms with Gasteiger partial charge in [-0.3, -0.25) is 14.5 Å². The molecule has 0 aromatic heterocycles. The summed E-state index contributed by atoms with van der Waals surface area (Å²) in [5.41, 5.74) is 1.27. The molecule has 2 aromatic rings. The maximum Gasteiger partial charge on any atom is 0.328 e. The average Bonchev–Trinajstić information content (AvgIpc) is 3.00. The molecular formula is C21H16Cl3NO5S. The molecule has 0 aliphatic carbocycles. The Morgan fingerprint density at radius 3 is 2.39 bits per heavy atom. The van der Waals surface area contributed by atoms with Gasteiger partial charge < -0.3 is 9.47 Å². The van der Waals surface area contributed by atoms with E-state index in [1.807, 2.05) is 18.2 Å². The molecule has 2 aromatic carbocycles. The van der Waals surface area contributed by atoms with Crippen LogP contribution in [0.3, 0.4) is 0 Å². The Morgan fingerprint density at radius 2 is 1.77 bits per heavy atom. The molecule has 0 spiro atoms. The highest BCUT2D eigenvalue weighted by molar-refractivity contribution is 8.18. The van der Waals surface area contributed by atoms with Gasteiger partial charge in [0.2, 0.25) is 0 Å². The van der Waals surface area contributed by atoms with E-state index in [0.717, 1.165) is 10.5 Å². The maximum atomic E-state index is 12.6. The second kappa shape index (κ2) is 9.96. The topological polar surface area (TPSA) is 72.9 Å². The number of imide groups is 1. The molecule has 0 unspecified atom stereocenters. The van der Waals surface area contributed by atoms with E-state index in [-0.39, 0.29) is 27.3 Å². The van der Waals surface area contributed by atoms with Crippen molar-refractivity contribution in [2.75, 3.05) is 7.11 Å². The van der Waals surface area contributed by atoms with E-state index >= 15 is 0 Å². The van der Waals surface area contributed by atoms with E-state index in [0.29, 0.717) is 22.3 Å². The fraction of sp³-hybridized carbons (Fsp3) is 0.190.